The third kappa shape index (κ3) is 8.95. The molecule has 29 heavy (non-hydrogen) atoms. The molecule has 2 rings (SSSR count). The minimum absolute atomic E-state index is 0.300. The Bertz CT molecular complexity index is 809. The predicted octanol–water partition coefficient (Wildman–Crippen LogP) is 2.18. The first kappa shape index (κ1) is 23.3. The Labute approximate surface area is 170 Å². The van der Waals surface area contributed by atoms with Crippen molar-refractivity contribution in [2.75, 3.05) is 26.4 Å². The van der Waals surface area contributed by atoms with Gasteiger partial charge in [0, 0.05) is 0 Å². The number of nitrogens with two attached hydrogens (primary N) is 1. The number of phosphoric acid groups is 1. The predicted molar refractivity (Wildman–Crippen MR) is 109 cm³/mol. The van der Waals surface area contributed by atoms with Gasteiger partial charge in [-0.3, -0.25) is 4.52 Å². The quantitative estimate of drug-likeness (QED) is 0.301. The maximum absolute atomic E-state index is 10.8. The second-order valence-electron chi connectivity index (χ2n) is 6.94. The minimum atomic E-state index is -4.63. The van der Waals surface area contributed by atoms with Gasteiger partial charge in [0.05, 0.1) is 18.8 Å². The molecule has 5 N–H and O–H groups in total. The van der Waals surface area contributed by atoms with Gasteiger partial charge >= 0.3 is 7.82 Å². The van der Waals surface area contributed by atoms with Crippen LogP contribution >= 0.6 is 7.82 Å². The molecule has 0 heterocycles. The van der Waals surface area contributed by atoms with Gasteiger partial charge in [-0.1, -0.05) is 24.3 Å². The number of ether oxygens (including phenoxy) is 2. The van der Waals surface area contributed by atoms with Gasteiger partial charge in [0.1, 0.15) is 24.7 Å². The van der Waals surface area contributed by atoms with Crippen molar-refractivity contribution >= 4 is 7.82 Å². The summed E-state index contributed by atoms with van der Waals surface area (Å²) < 4.78 is 26.6. The van der Waals surface area contributed by atoms with Crippen molar-refractivity contribution in [2.24, 2.45) is 5.73 Å². The summed E-state index contributed by atoms with van der Waals surface area (Å²) in [5.41, 5.74) is 6.82. The second kappa shape index (κ2) is 10.7. The number of phosphoric ester groups is 1. The van der Waals surface area contributed by atoms with E-state index in [1.54, 1.807) is 0 Å². The number of benzene rings is 2. The molecule has 0 aliphatic heterocycles. The molecule has 160 valence electrons. The highest BCUT2D eigenvalue weighted by Gasteiger charge is 2.28. The van der Waals surface area contributed by atoms with Crippen molar-refractivity contribution in [3.05, 3.63) is 59.7 Å². The molecule has 0 aliphatic carbocycles. The number of hydrogen-bond donors (Lipinski definition) is 4. The van der Waals surface area contributed by atoms with Gasteiger partial charge in [0.2, 0.25) is 0 Å². The largest absolute Gasteiger partial charge is 0.490 e. The highest BCUT2D eigenvalue weighted by Crippen LogP contribution is 2.36. The average molecular weight is 425 g/mol. The number of aliphatic hydroxyl groups excluding tert-OH is 1. The lowest BCUT2D eigenvalue weighted by Crippen LogP contribution is -2.48. The number of aryl methyl sites for hydroxylation is 2. The molecule has 8 nitrogen and oxygen atoms in total. The second-order valence-corrected chi connectivity index (χ2v) is 8.18. The van der Waals surface area contributed by atoms with E-state index in [0.29, 0.717) is 31.8 Å². The summed E-state index contributed by atoms with van der Waals surface area (Å²) in [6.45, 7) is 1.95. The smallest absolute Gasteiger partial charge is 0.469 e. The Morgan fingerprint density at radius 3 is 2.28 bits per heavy atom. The van der Waals surface area contributed by atoms with E-state index in [2.05, 4.69) is 4.52 Å². The molecule has 0 amide bonds. The van der Waals surface area contributed by atoms with Crippen molar-refractivity contribution < 1.29 is 33.5 Å². The molecule has 0 saturated heterocycles. The highest BCUT2D eigenvalue weighted by atomic mass is 31.2. The van der Waals surface area contributed by atoms with Gasteiger partial charge in [-0.2, -0.15) is 0 Å². The van der Waals surface area contributed by atoms with Crippen LogP contribution in [-0.4, -0.2) is 46.9 Å². The van der Waals surface area contributed by atoms with Gasteiger partial charge in [0.25, 0.3) is 0 Å². The molecule has 0 radical (unpaired) electrons. The molecular formula is C20H28NO7P. The Morgan fingerprint density at radius 1 is 1.03 bits per heavy atom. The molecule has 2 aromatic carbocycles. The fourth-order valence-corrected chi connectivity index (χ4v) is 3.00. The molecule has 0 saturated carbocycles. The molecule has 0 bridgehead atoms. The van der Waals surface area contributed by atoms with E-state index in [1.165, 1.54) is 0 Å². The number of hydrogen-bond acceptors (Lipinski definition) is 6. The van der Waals surface area contributed by atoms with E-state index in [0.717, 1.165) is 16.9 Å². The van der Waals surface area contributed by atoms with Crippen LogP contribution in [0.4, 0.5) is 0 Å². The third-order valence-electron chi connectivity index (χ3n) is 4.28. The monoisotopic (exact) mass is 425 g/mol. The van der Waals surface area contributed by atoms with Crippen LogP contribution in [0.2, 0.25) is 0 Å². The summed E-state index contributed by atoms with van der Waals surface area (Å²) in [5, 5.41) is 9.43. The van der Waals surface area contributed by atoms with Crippen LogP contribution in [0.5, 0.6) is 11.5 Å². The van der Waals surface area contributed by atoms with Crippen LogP contribution in [0.25, 0.3) is 0 Å². The maximum Gasteiger partial charge on any atom is 0.469 e. The van der Waals surface area contributed by atoms with Gasteiger partial charge in [-0.05, 0) is 55.2 Å². The van der Waals surface area contributed by atoms with E-state index < -0.39 is 26.6 Å². The molecule has 2 aromatic rings. The Balaban J connectivity index is 1.75. The van der Waals surface area contributed by atoms with Crippen LogP contribution in [0.1, 0.15) is 17.5 Å². The van der Waals surface area contributed by atoms with Crippen molar-refractivity contribution in [3.63, 3.8) is 0 Å². The van der Waals surface area contributed by atoms with Gasteiger partial charge in [-0.25, -0.2) is 4.57 Å². The first-order valence-corrected chi connectivity index (χ1v) is 10.7. The van der Waals surface area contributed by atoms with E-state index in [-0.39, 0.29) is 0 Å². The van der Waals surface area contributed by atoms with Crippen LogP contribution < -0.4 is 15.2 Å². The minimum Gasteiger partial charge on any atom is -0.490 e. The lowest BCUT2D eigenvalue weighted by Gasteiger charge is -2.27. The lowest BCUT2D eigenvalue weighted by molar-refractivity contribution is 0.102. The molecule has 0 fully saturated rings. The Kier molecular flexibility index (Phi) is 8.64. The zero-order chi connectivity index (χ0) is 21.3. The van der Waals surface area contributed by atoms with Crippen molar-refractivity contribution in [1.82, 2.24) is 0 Å². The van der Waals surface area contributed by atoms with E-state index in [4.69, 9.17) is 25.0 Å². The molecular weight excluding hydrogens is 397 g/mol. The van der Waals surface area contributed by atoms with Gasteiger partial charge in [-0.15, -0.1) is 0 Å². The van der Waals surface area contributed by atoms with Crippen LogP contribution in [0, 0.1) is 6.92 Å². The molecule has 9 heteroatoms. The molecule has 0 unspecified atom stereocenters. The number of rotatable bonds is 12. The van der Waals surface area contributed by atoms with Crippen molar-refractivity contribution in [1.29, 1.82) is 0 Å². The molecule has 0 spiro atoms. The SMILES string of the molecule is Cc1cccc(OCCOc2ccc(CC[C@@](N)(CO)COP(=O)(O)O)cc2)c1. The summed E-state index contributed by atoms with van der Waals surface area (Å²) >= 11 is 0. The Morgan fingerprint density at radius 2 is 1.69 bits per heavy atom. The molecule has 0 aromatic heterocycles. The van der Waals surface area contributed by atoms with E-state index in [9.17, 15) is 9.67 Å². The number of aliphatic hydroxyl groups is 1. The molecule has 0 aliphatic rings. The van der Waals surface area contributed by atoms with Crippen LogP contribution in [-0.2, 0) is 15.5 Å². The van der Waals surface area contributed by atoms with E-state index >= 15 is 0 Å². The van der Waals surface area contributed by atoms with Crippen molar-refractivity contribution in [2.45, 2.75) is 25.3 Å². The summed E-state index contributed by atoms with van der Waals surface area (Å²) in [6.07, 6.45) is 0.812. The zero-order valence-corrected chi connectivity index (χ0v) is 17.3. The standard InChI is InChI=1S/C20H28NO7P/c1-16-3-2-4-19(13-16)27-12-11-26-18-7-5-17(6-8-18)9-10-20(21,14-22)15-28-29(23,24)25/h2-8,13,22H,9-12,14-15,21H2,1H3,(H2,23,24,25)/t20-/m1/s1. The fourth-order valence-electron chi connectivity index (χ4n) is 2.58. The topological polar surface area (TPSA) is 131 Å². The van der Waals surface area contributed by atoms with Crippen molar-refractivity contribution in [3.8, 4) is 11.5 Å². The third-order valence-corrected chi connectivity index (χ3v) is 4.75. The lowest BCUT2D eigenvalue weighted by atomic mass is 9.94. The average Bonchev–Trinajstić information content (AvgIpc) is 2.69. The molecule has 1 atom stereocenters. The maximum atomic E-state index is 10.8. The normalized spacial score (nSPS) is 13.7. The highest BCUT2D eigenvalue weighted by molar-refractivity contribution is 7.46. The van der Waals surface area contributed by atoms with Crippen LogP contribution in [0.3, 0.4) is 0 Å². The summed E-state index contributed by atoms with van der Waals surface area (Å²) in [4.78, 5) is 17.6. The first-order valence-electron chi connectivity index (χ1n) is 9.20. The fraction of sp³-hybridized carbons (Fsp3) is 0.400. The van der Waals surface area contributed by atoms with Crippen LogP contribution in [0.15, 0.2) is 48.5 Å². The van der Waals surface area contributed by atoms with E-state index in [1.807, 2.05) is 55.5 Å². The van der Waals surface area contributed by atoms with Gasteiger partial charge < -0.3 is 30.1 Å². The van der Waals surface area contributed by atoms with Gasteiger partial charge in [0.15, 0.2) is 0 Å². The first-order chi connectivity index (χ1) is 13.7. The summed E-state index contributed by atoms with van der Waals surface area (Å²) in [6, 6.07) is 15.2. The zero-order valence-electron chi connectivity index (χ0n) is 16.4. The summed E-state index contributed by atoms with van der Waals surface area (Å²) in [7, 11) is -4.63. The Hall–Kier alpha value is -1.93. The summed E-state index contributed by atoms with van der Waals surface area (Å²) in [5.74, 6) is 1.51.